The molecule has 0 atom stereocenters. The van der Waals surface area contributed by atoms with Gasteiger partial charge in [-0.2, -0.15) is 0 Å². The maximum atomic E-state index is 14.5. The first-order valence-electron chi connectivity index (χ1n) is 8.88. The third-order valence-corrected chi connectivity index (χ3v) is 6.41. The largest absolute Gasteiger partial charge is 0.497 e. The Morgan fingerprint density at radius 1 is 1.03 bits per heavy atom. The molecule has 0 saturated heterocycles. The van der Waals surface area contributed by atoms with Gasteiger partial charge in [0.25, 0.3) is 10.0 Å². The predicted octanol–water partition coefficient (Wildman–Crippen LogP) is 4.98. The van der Waals surface area contributed by atoms with Crippen LogP contribution in [-0.4, -0.2) is 28.0 Å². The van der Waals surface area contributed by atoms with Crippen molar-refractivity contribution in [2.75, 3.05) is 23.3 Å². The normalized spacial score (nSPS) is 11.1. The van der Waals surface area contributed by atoms with E-state index in [2.05, 4.69) is 5.32 Å². The van der Waals surface area contributed by atoms with Crippen molar-refractivity contribution in [2.24, 2.45) is 0 Å². The lowest BCUT2D eigenvalue weighted by Gasteiger charge is -2.24. The van der Waals surface area contributed by atoms with Gasteiger partial charge in [0.2, 0.25) is 5.91 Å². The number of carbonyl (C=O) groups excluding carboxylic acids is 1. The van der Waals surface area contributed by atoms with E-state index in [4.69, 9.17) is 27.9 Å². The molecule has 1 amide bonds. The number of hydrogen-bond donors (Lipinski definition) is 1. The molecule has 6 nitrogen and oxygen atoms in total. The molecular formula is C21H17Cl2FN2O4S. The number of sulfonamides is 1. The number of carbonyl (C=O) groups is 1. The van der Waals surface area contributed by atoms with Crippen LogP contribution in [0.25, 0.3) is 0 Å². The Kier molecular flexibility index (Phi) is 7.04. The van der Waals surface area contributed by atoms with Gasteiger partial charge in [0.15, 0.2) is 0 Å². The van der Waals surface area contributed by atoms with E-state index in [-0.39, 0.29) is 16.3 Å². The Morgan fingerprint density at radius 2 is 1.65 bits per heavy atom. The Balaban J connectivity index is 1.96. The molecular weight excluding hydrogens is 466 g/mol. The van der Waals surface area contributed by atoms with E-state index < -0.39 is 28.3 Å². The molecule has 0 aliphatic carbocycles. The van der Waals surface area contributed by atoms with Crippen LogP contribution in [0.3, 0.4) is 0 Å². The fourth-order valence-electron chi connectivity index (χ4n) is 2.79. The number of hydrogen-bond acceptors (Lipinski definition) is 4. The van der Waals surface area contributed by atoms with Crippen molar-refractivity contribution in [3.8, 4) is 5.75 Å². The molecule has 3 aromatic rings. The van der Waals surface area contributed by atoms with Crippen LogP contribution >= 0.6 is 23.2 Å². The minimum Gasteiger partial charge on any atom is -0.497 e. The second-order valence-corrected chi connectivity index (χ2v) is 9.08. The van der Waals surface area contributed by atoms with Crippen LogP contribution in [0.4, 0.5) is 15.8 Å². The minimum atomic E-state index is -4.28. The van der Waals surface area contributed by atoms with Crippen LogP contribution in [0.15, 0.2) is 71.6 Å². The van der Waals surface area contributed by atoms with Crippen LogP contribution in [0.5, 0.6) is 5.75 Å². The lowest BCUT2D eigenvalue weighted by Crippen LogP contribution is -2.38. The maximum Gasteiger partial charge on any atom is 0.264 e. The van der Waals surface area contributed by atoms with Gasteiger partial charge in [0.05, 0.1) is 17.7 Å². The summed E-state index contributed by atoms with van der Waals surface area (Å²) in [6.45, 7) is -0.681. The summed E-state index contributed by atoms with van der Waals surface area (Å²) in [5, 5.41) is 3.11. The number of benzene rings is 3. The highest BCUT2D eigenvalue weighted by Gasteiger charge is 2.29. The summed E-state index contributed by atoms with van der Waals surface area (Å²) in [6.07, 6.45) is 0. The van der Waals surface area contributed by atoms with E-state index >= 15 is 0 Å². The van der Waals surface area contributed by atoms with Gasteiger partial charge in [-0.1, -0.05) is 35.3 Å². The zero-order chi connectivity index (χ0) is 22.6. The molecule has 3 aromatic carbocycles. The third kappa shape index (κ3) is 5.46. The SMILES string of the molecule is COc1ccc(S(=O)(=O)N(CC(=O)Nc2cc(Cl)cc(Cl)c2)c2ccccc2F)cc1. The van der Waals surface area contributed by atoms with Crippen molar-refractivity contribution >= 4 is 50.5 Å². The average Bonchev–Trinajstić information content (AvgIpc) is 2.72. The quantitative estimate of drug-likeness (QED) is 0.515. The zero-order valence-electron chi connectivity index (χ0n) is 16.2. The highest BCUT2D eigenvalue weighted by atomic mass is 35.5. The summed E-state index contributed by atoms with van der Waals surface area (Å²) in [5.74, 6) is -1.05. The zero-order valence-corrected chi connectivity index (χ0v) is 18.5. The number of anilines is 2. The van der Waals surface area contributed by atoms with Crippen molar-refractivity contribution in [1.29, 1.82) is 0 Å². The van der Waals surface area contributed by atoms with Crippen LogP contribution in [0.1, 0.15) is 0 Å². The van der Waals surface area contributed by atoms with Gasteiger partial charge in [0, 0.05) is 15.7 Å². The van der Waals surface area contributed by atoms with Crippen LogP contribution in [0, 0.1) is 5.82 Å². The molecule has 10 heteroatoms. The lowest BCUT2D eigenvalue weighted by molar-refractivity contribution is -0.114. The van der Waals surface area contributed by atoms with Crippen molar-refractivity contribution in [2.45, 2.75) is 4.90 Å². The molecule has 0 spiro atoms. The predicted molar refractivity (Wildman–Crippen MR) is 119 cm³/mol. The number of rotatable bonds is 7. The molecule has 0 aliphatic rings. The van der Waals surface area contributed by atoms with Gasteiger partial charge in [-0.3, -0.25) is 9.10 Å². The number of halogens is 3. The van der Waals surface area contributed by atoms with Crippen LogP contribution in [-0.2, 0) is 14.8 Å². The minimum absolute atomic E-state index is 0.129. The van der Waals surface area contributed by atoms with E-state index in [1.54, 1.807) is 0 Å². The number of nitrogens with one attached hydrogen (secondary N) is 1. The first kappa shape index (κ1) is 22.9. The summed E-state index contributed by atoms with van der Waals surface area (Å²) >= 11 is 11.9. The molecule has 0 bridgehead atoms. The summed E-state index contributed by atoms with van der Waals surface area (Å²) in [5.41, 5.74) is 0.00965. The van der Waals surface area contributed by atoms with Gasteiger partial charge >= 0.3 is 0 Å². The Labute approximate surface area is 189 Å². The maximum absolute atomic E-state index is 14.5. The Bertz CT molecular complexity index is 1180. The Hall–Kier alpha value is -2.81. The van der Waals surface area contributed by atoms with Gasteiger partial charge in [-0.25, -0.2) is 12.8 Å². The van der Waals surface area contributed by atoms with Crippen molar-refractivity contribution in [3.63, 3.8) is 0 Å². The van der Waals surface area contributed by atoms with Gasteiger partial charge in [-0.15, -0.1) is 0 Å². The first-order valence-corrected chi connectivity index (χ1v) is 11.1. The standard InChI is InChI=1S/C21H17Cl2FN2O4S/c1-30-17-6-8-18(9-7-17)31(28,29)26(20-5-3-2-4-19(20)24)13-21(27)25-16-11-14(22)10-15(23)12-16/h2-12H,13H2,1H3,(H,25,27). The third-order valence-electron chi connectivity index (χ3n) is 4.20. The van der Waals surface area contributed by atoms with E-state index in [9.17, 15) is 17.6 Å². The van der Waals surface area contributed by atoms with E-state index in [1.807, 2.05) is 0 Å². The van der Waals surface area contributed by atoms with Gasteiger partial charge in [0.1, 0.15) is 18.1 Å². The highest BCUT2D eigenvalue weighted by molar-refractivity contribution is 7.92. The molecule has 0 radical (unpaired) electrons. The van der Waals surface area contributed by atoms with Gasteiger partial charge < -0.3 is 10.1 Å². The summed E-state index contributed by atoms with van der Waals surface area (Å²) < 4.78 is 46.8. The monoisotopic (exact) mass is 482 g/mol. The number of methoxy groups -OCH3 is 1. The first-order chi connectivity index (χ1) is 14.7. The number of amides is 1. The molecule has 0 saturated carbocycles. The van der Waals surface area contributed by atoms with Crippen molar-refractivity contribution < 1.29 is 22.3 Å². The summed E-state index contributed by atoms with van der Waals surface area (Å²) in [7, 11) is -2.83. The molecule has 31 heavy (non-hydrogen) atoms. The molecule has 0 heterocycles. The van der Waals surface area contributed by atoms with Gasteiger partial charge in [-0.05, 0) is 54.6 Å². The molecule has 3 rings (SSSR count). The molecule has 0 aliphatic heterocycles. The number of ether oxygens (including phenoxy) is 1. The summed E-state index contributed by atoms with van der Waals surface area (Å²) in [6, 6.07) is 15.2. The van der Waals surface area contributed by atoms with E-state index in [1.165, 1.54) is 67.8 Å². The van der Waals surface area contributed by atoms with Crippen LogP contribution < -0.4 is 14.4 Å². The van der Waals surface area contributed by atoms with Crippen LogP contribution in [0.2, 0.25) is 10.0 Å². The molecule has 0 unspecified atom stereocenters. The van der Waals surface area contributed by atoms with E-state index in [0.717, 1.165) is 6.07 Å². The molecule has 1 N–H and O–H groups in total. The van der Waals surface area contributed by atoms with Crippen molar-refractivity contribution in [1.82, 2.24) is 0 Å². The molecule has 162 valence electrons. The lowest BCUT2D eigenvalue weighted by atomic mass is 10.3. The smallest absolute Gasteiger partial charge is 0.264 e. The average molecular weight is 483 g/mol. The number of para-hydroxylation sites is 1. The molecule has 0 aromatic heterocycles. The van der Waals surface area contributed by atoms with E-state index in [0.29, 0.717) is 20.1 Å². The fourth-order valence-corrected chi connectivity index (χ4v) is 4.74. The molecule has 0 fully saturated rings. The topological polar surface area (TPSA) is 75.7 Å². The second-order valence-electron chi connectivity index (χ2n) is 6.34. The number of nitrogens with zero attached hydrogens (tertiary/aromatic N) is 1. The highest BCUT2D eigenvalue weighted by Crippen LogP contribution is 2.28. The fraction of sp³-hybridized carbons (Fsp3) is 0.0952. The summed E-state index contributed by atoms with van der Waals surface area (Å²) in [4.78, 5) is 12.5. The second kappa shape index (κ2) is 9.55. The Morgan fingerprint density at radius 3 is 2.23 bits per heavy atom. The van der Waals surface area contributed by atoms with Crippen molar-refractivity contribution in [3.05, 3.63) is 82.6 Å².